The number of nitrogens with one attached hydrogen (secondary N) is 1. The average molecular weight is 350 g/mol. The molecule has 0 bridgehead atoms. The molecule has 0 aliphatic heterocycles. The summed E-state index contributed by atoms with van der Waals surface area (Å²) in [4.78, 5) is 25.2. The third-order valence-corrected chi connectivity index (χ3v) is 4.28. The molecule has 4 rings (SSSR count). The zero-order valence-corrected chi connectivity index (χ0v) is 13.6. The number of rotatable bonds is 3. The van der Waals surface area contributed by atoms with Crippen LogP contribution in [0.5, 0.6) is 0 Å². The summed E-state index contributed by atoms with van der Waals surface area (Å²) in [5, 5.41) is 4.88. The SMILES string of the molecule is O=C(Nc1nc(-c2cccc(F)c2)cs1)c1cnc2ccccc2n1. The topological polar surface area (TPSA) is 67.8 Å². The predicted octanol–water partition coefficient (Wildman–Crippen LogP) is 4.14. The first-order valence-electron chi connectivity index (χ1n) is 7.44. The molecule has 0 unspecified atom stereocenters. The molecule has 2 aromatic carbocycles. The first kappa shape index (κ1) is 15.3. The fourth-order valence-corrected chi connectivity index (χ4v) is 3.05. The van der Waals surface area contributed by atoms with Crippen LogP contribution in [0.4, 0.5) is 9.52 Å². The Morgan fingerprint density at radius 1 is 1.04 bits per heavy atom. The number of nitrogens with zero attached hydrogens (tertiary/aromatic N) is 3. The van der Waals surface area contributed by atoms with Crippen molar-refractivity contribution in [2.24, 2.45) is 0 Å². The van der Waals surface area contributed by atoms with Crippen LogP contribution in [0.15, 0.2) is 60.1 Å². The van der Waals surface area contributed by atoms with Crippen LogP contribution in [0.1, 0.15) is 10.5 Å². The van der Waals surface area contributed by atoms with Crippen molar-refractivity contribution in [3.63, 3.8) is 0 Å². The number of benzene rings is 2. The monoisotopic (exact) mass is 350 g/mol. The van der Waals surface area contributed by atoms with E-state index in [2.05, 4.69) is 20.3 Å². The summed E-state index contributed by atoms with van der Waals surface area (Å²) in [5.41, 5.74) is 2.84. The Labute approximate surface area is 146 Å². The molecular weight excluding hydrogens is 339 g/mol. The van der Waals surface area contributed by atoms with Gasteiger partial charge < -0.3 is 0 Å². The fraction of sp³-hybridized carbons (Fsp3) is 0. The summed E-state index contributed by atoms with van der Waals surface area (Å²) < 4.78 is 13.3. The Morgan fingerprint density at radius 3 is 2.72 bits per heavy atom. The van der Waals surface area contributed by atoms with E-state index in [1.807, 2.05) is 18.2 Å². The van der Waals surface area contributed by atoms with Crippen molar-refractivity contribution in [1.82, 2.24) is 15.0 Å². The van der Waals surface area contributed by atoms with Crippen molar-refractivity contribution >= 4 is 33.4 Å². The molecule has 1 amide bonds. The number of fused-ring (bicyclic) bond motifs is 1. The molecule has 0 saturated heterocycles. The molecule has 2 aromatic heterocycles. The van der Waals surface area contributed by atoms with Gasteiger partial charge >= 0.3 is 0 Å². The molecule has 0 fully saturated rings. The number of hydrogen-bond acceptors (Lipinski definition) is 5. The number of carbonyl (C=O) groups excluding carboxylic acids is 1. The number of amides is 1. The zero-order chi connectivity index (χ0) is 17.2. The van der Waals surface area contributed by atoms with Crippen LogP contribution in [0.3, 0.4) is 0 Å². The molecule has 25 heavy (non-hydrogen) atoms. The molecule has 122 valence electrons. The summed E-state index contributed by atoms with van der Waals surface area (Å²) in [7, 11) is 0. The lowest BCUT2D eigenvalue weighted by atomic mass is 10.2. The number of halogens is 1. The Bertz CT molecular complexity index is 1080. The van der Waals surface area contributed by atoms with Gasteiger partial charge in [-0.1, -0.05) is 24.3 Å². The second kappa shape index (κ2) is 6.37. The molecule has 0 radical (unpaired) electrons. The van der Waals surface area contributed by atoms with Crippen molar-refractivity contribution in [2.45, 2.75) is 0 Å². The second-order valence-corrected chi connectivity index (χ2v) is 6.10. The highest BCUT2D eigenvalue weighted by atomic mass is 32.1. The van der Waals surface area contributed by atoms with Gasteiger partial charge in [-0.05, 0) is 24.3 Å². The highest BCUT2D eigenvalue weighted by molar-refractivity contribution is 7.14. The van der Waals surface area contributed by atoms with Crippen molar-refractivity contribution in [3.8, 4) is 11.3 Å². The van der Waals surface area contributed by atoms with Gasteiger partial charge in [-0.15, -0.1) is 11.3 Å². The molecule has 4 aromatic rings. The maximum absolute atomic E-state index is 13.3. The molecule has 2 heterocycles. The Hall–Kier alpha value is -3.19. The average Bonchev–Trinajstić information content (AvgIpc) is 3.10. The summed E-state index contributed by atoms with van der Waals surface area (Å²) >= 11 is 1.26. The zero-order valence-electron chi connectivity index (χ0n) is 12.8. The van der Waals surface area contributed by atoms with Crippen LogP contribution in [0.25, 0.3) is 22.3 Å². The van der Waals surface area contributed by atoms with Gasteiger partial charge in [0.1, 0.15) is 11.5 Å². The number of para-hydroxylation sites is 2. The van der Waals surface area contributed by atoms with Gasteiger partial charge in [0.05, 0.1) is 22.9 Å². The Morgan fingerprint density at radius 2 is 1.88 bits per heavy atom. The van der Waals surface area contributed by atoms with E-state index in [0.29, 0.717) is 21.9 Å². The van der Waals surface area contributed by atoms with Crippen LogP contribution >= 0.6 is 11.3 Å². The maximum atomic E-state index is 13.3. The number of hydrogen-bond donors (Lipinski definition) is 1. The third-order valence-electron chi connectivity index (χ3n) is 3.53. The van der Waals surface area contributed by atoms with E-state index in [0.717, 1.165) is 5.52 Å². The van der Waals surface area contributed by atoms with Gasteiger partial charge in [0, 0.05) is 10.9 Å². The lowest BCUT2D eigenvalue weighted by Gasteiger charge is -2.02. The molecule has 7 heteroatoms. The molecule has 1 N–H and O–H groups in total. The normalized spacial score (nSPS) is 10.8. The minimum atomic E-state index is -0.390. The van der Waals surface area contributed by atoms with Gasteiger partial charge in [0.15, 0.2) is 5.13 Å². The molecule has 5 nitrogen and oxygen atoms in total. The minimum Gasteiger partial charge on any atom is -0.296 e. The van der Waals surface area contributed by atoms with Crippen LogP contribution in [-0.2, 0) is 0 Å². The van der Waals surface area contributed by atoms with Crippen molar-refractivity contribution in [1.29, 1.82) is 0 Å². The van der Waals surface area contributed by atoms with Gasteiger partial charge in [0.2, 0.25) is 0 Å². The predicted molar refractivity (Wildman–Crippen MR) is 95.0 cm³/mol. The van der Waals surface area contributed by atoms with Crippen LogP contribution in [-0.4, -0.2) is 20.9 Å². The summed E-state index contributed by atoms with van der Waals surface area (Å²) in [6.07, 6.45) is 1.43. The van der Waals surface area contributed by atoms with Gasteiger partial charge in [-0.25, -0.2) is 14.4 Å². The van der Waals surface area contributed by atoms with Crippen LogP contribution in [0.2, 0.25) is 0 Å². The quantitative estimate of drug-likeness (QED) is 0.603. The van der Waals surface area contributed by atoms with E-state index in [9.17, 15) is 9.18 Å². The highest BCUT2D eigenvalue weighted by Gasteiger charge is 2.12. The van der Waals surface area contributed by atoms with E-state index < -0.39 is 5.91 Å². The Balaban J connectivity index is 1.56. The number of carbonyl (C=O) groups is 1. The number of aromatic nitrogens is 3. The summed E-state index contributed by atoms with van der Waals surface area (Å²) in [5.74, 6) is -0.721. The first-order valence-corrected chi connectivity index (χ1v) is 8.31. The van der Waals surface area contributed by atoms with E-state index in [-0.39, 0.29) is 11.5 Å². The van der Waals surface area contributed by atoms with E-state index in [1.165, 1.54) is 29.7 Å². The van der Waals surface area contributed by atoms with E-state index in [1.54, 1.807) is 23.6 Å². The van der Waals surface area contributed by atoms with Crippen LogP contribution in [0, 0.1) is 5.82 Å². The molecular formula is C18H11FN4OS. The second-order valence-electron chi connectivity index (χ2n) is 5.25. The van der Waals surface area contributed by atoms with Crippen molar-refractivity contribution in [3.05, 3.63) is 71.6 Å². The summed E-state index contributed by atoms with van der Waals surface area (Å²) in [6.45, 7) is 0. The molecule has 0 atom stereocenters. The van der Waals surface area contributed by atoms with Gasteiger partial charge in [-0.3, -0.25) is 15.1 Å². The van der Waals surface area contributed by atoms with Crippen LogP contribution < -0.4 is 5.32 Å². The van der Waals surface area contributed by atoms with E-state index in [4.69, 9.17) is 0 Å². The lowest BCUT2D eigenvalue weighted by Crippen LogP contribution is -2.14. The number of thiazole rings is 1. The molecule has 0 saturated carbocycles. The highest BCUT2D eigenvalue weighted by Crippen LogP contribution is 2.25. The van der Waals surface area contributed by atoms with E-state index >= 15 is 0 Å². The molecule has 0 spiro atoms. The standard InChI is InChI=1S/C18H11FN4OS/c19-12-5-3-4-11(8-12)16-10-25-18(22-16)23-17(24)15-9-20-13-6-1-2-7-14(13)21-15/h1-10H,(H,22,23,24). The molecule has 0 aliphatic carbocycles. The maximum Gasteiger partial charge on any atom is 0.277 e. The molecule has 0 aliphatic rings. The van der Waals surface area contributed by atoms with Gasteiger partial charge in [-0.2, -0.15) is 0 Å². The Kier molecular flexibility index (Phi) is 3.91. The third kappa shape index (κ3) is 3.22. The smallest absolute Gasteiger partial charge is 0.277 e. The number of anilines is 1. The lowest BCUT2D eigenvalue weighted by molar-refractivity contribution is 0.102. The first-order chi connectivity index (χ1) is 12.2. The van der Waals surface area contributed by atoms with Crippen molar-refractivity contribution < 1.29 is 9.18 Å². The van der Waals surface area contributed by atoms with Gasteiger partial charge in [0.25, 0.3) is 5.91 Å². The van der Waals surface area contributed by atoms with Crippen molar-refractivity contribution in [2.75, 3.05) is 5.32 Å². The minimum absolute atomic E-state index is 0.209. The largest absolute Gasteiger partial charge is 0.296 e. The summed E-state index contributed by atoms with van der Waals surface area (Å²) in [6, 6.07) is 13.5. The fourth-order valence-electron chi connectivity index (χ4n) is 2.34.